The Labute approximate surface area is 83.5 Å². The Morgan fingerprint density at radius 1 is 1.50 bits per heavy atom. The number of carbonyl (C=O) groups excluding carboxylic acids is 1. The number of nitrogens with one attached hydrogen (secondary N) is 1. The second-order valence-corrected chi connectivity index (χ2v) is 4.57. The van der Waals surface area contributed by atoms with Crippen LogP contribution in [0.3, 0.4) is 0 Å². The molecule has 0 fully saturated rings. The molecule has 0 unspecified atom stereocenters. The summed E-state index contributed by atoms with van der Waals surface area (Å²) in [6.07, 6.45) is 1.79. The Morgan fingerprint density at radius 3 is 2.29 bits per heavy atom. The summed E-state index contributed by atoms with van der Waals surface area (Å²) in [5.41, 5.74) is 4.53. The fraction of sp³-hybridized carbons (Fsp3) is 0.667. The van der Waals surface area contributed by atoms with Gasteiger partial charge in [0.1, 0.15) is 0 Å². The van der Waals surface area contributed by atoms with Crippen LogP contribution in [-0.4, -0.2) is 27.4 Å². The van der Waals surface area contributed by atoms with Gasteiger partial charge in [0.05, 0.1) is 11.1 Å². The lowest BCUT2D eigenvalue weighted by molar-refractivity contribution is -0.185. The smallest absolute Gasteiger partial charge is 0.316 e. The van der Waals surface area contributed by atoms with Crippen LogP contribution in [-0.2, 0) is 0 Å². The maximum atomic E-state index is 10.7. The van der Waals surface area contributed by atoms with Gasteiger partial charge in [0.2, 0.25) is 0 Å². The maximum absolute atomic E-state index is 10.7. The van der Waals surface area contributed by atoms with Crippen LogP contribution >= 0.6 is 0 Å². The van der Waals surface area contributed by atoms with Gasteiger partial charge in [-0.1, -0.05) is 0 Å². The van der Waals surface area contributed by atoms with E-state index < -0.39 is 17.1 Å². The summed E-state index contributed by atoms with van der Waals surface area (Å²) in [5, 5.41) is 13.6. The molecular weight excluding hydrogens is 182 g/mol. The van der Waals surface area contributed by atoms with Crippen molar-refractivity contribution in [1.82, 2.24) is 10.4 Å². The zero-order chi connectivity index (χ0) is 11.1. The zero-order valence-electron chi connectivity index (χ0n) is 8.96. The second kappa shape index (κ2) is 2.96. The average Bonchev–Trinajstić information content (AvgIpc) is 2.12. The molecule has 14 heavy (non-hydrogen) atoms. The highest BCUT2D eigenvalue weighted by Gasteiger charge is 2.45. The maximum Gasteiger partial charge on any atom is 0.316 e. The van der Waals surface area contributed by atoms with E-state index in [2.05, 4.69) is 5.32 Å². The van der Waals surface area contributed by atoms with Crippen LogP contribution in [0.15, 0.2) is 11.8 Å². The zero-order valence-corrected chi connectivity index (χ0v) is 8.96. The number of amides is 2. The summed E-state index contributed by atoms with van der Waals surface area (Å²) in [6, 6.07) is -0.615. The molecule has 1 aliphatic rings. The minimum absolute atomic E-state index is 0.499. The molecule has 0 bridgehead atoms. The van der Waals surface area contributed by atoms with E-state index in [0.717, 1.165) is 0 Å². The molecule has 2 amide bonds. The van der Waals surface area contributed by atoms with E-state index in [1.54, 1.807) is 6.08 Å². The van der Waals surface area contributed by atoms with E-state index in [9.17, 15) is 10.0 Å². The summed E-state index contributed by atoms with van der Waals surface area (Å²) < 4.78 is 0. The third kappa shape index (κ3) is 1.60. The fourth-order valence-electron chi connectivity index (χ4n) is 1.75. The molecular formula is C9H17N3O2. The Kier molecular flexibility index (Phi) is 2.33. The Bertz CT molecular complexity index is 294. The van der Waals surface area contributed by atoms with E-state index in [4.69, 9.17) is 5.73 Å². The highest BCUT2D eigenvalue weighted by molar-refractivity contribution is 5.74. The van der Waals surface area contributed by atoms with Gasteiger partial charge in [-0.05, 0) is 33.8 Å². The molecule has 1 aliphatic heterocycles. The molecule has 0 aromatic heterocycles. The molecule has 0 spiro atoms. The van der Waals surface area contributed by atoms with Crippen molar-refractivity contribution in [3.63, 3.8) is 0 Å². The van der Waals surface area contributed by atoms with Crippen LogP contribution in [0.25, 0.3) is 0 Å². The number of urea groups is 1. The first-order chi connectivity index (χ1) is 6.18. The van der Waals surface area contributed by atoms with Gasteiger partial charge < -0.3 is 16.3 Å². The Morgan fingerprint density at radius 2 is 2.00 bits per heavy atom. The number of rotatable bonds is 1. The number of nitrogens with zero attached hydrogens (tertiary/aromatic N) is 1. The van der Waals surface area contributed by atoms with Gasteiger partial charge in [-0.2, -0.15) is 5.06 Å². The minimum atomic E-state index is -0.626. The lowest BCUT2D eigenvalue weighted by Crippen LogP contribution is -2.50. The summed E-state index contributed by atoms with van der Waals surface area (Å²) in [7, 11) is 0. The van der Waals surface area contributed by atoms with E-state index in [1.165, 1.54) is 5.06 Å². The van der Waals surface area contributed by atoms with Gasteiger partial charge in [-0.15, -0.1) is 0 Å². The van der Waals surface area contributed by atoms with Crippen molar-refractivity contribution < 1.29 is 10.0 Å². The van der Waals surface area contributed by atoms with Crippen molar-refractivity contribution in [3.05, 3.63) is 11.8 Å². The molecule has 1 rings (SSSR count). The van der Waals surface area contributed by atoms with Crippen LogP contribution in [0.2, 0.25) is 0 Å². The summed E-state index contributed by atoms with van der Waals surface area (Å²) in [5.74, 6) is 0. The standard InChI is InChI=1S/C9H17N3O2/c1-8(2)5-6(11-7(10)13)9(3,4)12(8)14/h5,14H,1-4H3,(H3,10,11,13). The lowest BCUT2D eigenvalue weighted by atomic mass is 10.0. The molecule has 0 aromatic carbocycles. The van der Waals surface area contributed by atoms with Gasteiger partial charge in [-0.25, -0.2) is 4.79 Å². The monoisotopic (exact) mass is 199 g/mol. The van der Waals surface area contributed by atoms with Gasteiger partial charge in [0.25, 0.3) is 0 Å². The van der Waals surface area contributed by atoms with E-state index in [-0.39, 0.29) is 0 Å². The number of hydrogen-bond donors (Lipinski definition) is 3. The topological polar surface area (TPSA) is 78.6 Å². The highest BCUT2D eigenvalue weighted by atomic mass is 16.5. The molecule has 0 aromatic rings. The van der Waals surface area contributed by atoms with Crippen LogP contribution in [0.1, 0.15) is 27.7 Å². The third-order valence-electron chi connectivity index (χ3n) is 2.49. The van der Waals surface area contributed by atoms with E-state index >= 15 is 0 Å². The van der Waals surface area contributed by atoms with Crippen molar-refractivity contribution in [2.45, 2.75) is 38.8 Å². The molecule has 4 N–H and O–H groups in total. The van der Waals surface area contributed by atoms with E-state index in [1.807, 2.05) is 27.7 Å². The number of nitrogens with two attached hydrogens (primary N) is 1. The number of primary amides is 1. The molecule has 5 nitrogen and oxygen atoms in total. The van der Waals surface area contributed by atoms with Crippen LogP contribution in [0.4, 0.5) is 4.79 Å². The molecule has 0 radical (unpaired) electrons. The lowest BCUT2D eigenvalue weighted by Gasteiger charge is -2.35. The second-order valence-electron chi connectivity index (χ2n) is 4.57. The fourth-order valence-corrected chi connectivity index (χ4v) is 1.75. The minimum Gasteiger partial charge on any atom is -0.351 e. The summed E-state index contributed by atoms with van der Waals surface area (Å²) in [4.78, 5) is 10.7. The summed E-state index contributed by atoms with van der Waals surface area (Å²) in [6.45, 7) is 7.32. The first-order valence-corrected chi connectivity index (χ1v) is 4.47. The van der Waals surface area contributed by atoms with Crippen molar-refractivity contribution in [1.29, 1.82) is 0 Å². The van der Waals surface area contributed by atoms with Crippen LogP contribution in [0, 0.1) is 0 Å². The molecule has 0 aliphatic carbocycles. The van der Waals surface area contributed by atoms with Gasteiger partial charge in [0, 0.05) is 5.70 Å². The van der Waals surface area contributed by atoms with Crippen molar-refractivity contribution >= 4 is 6.03 Å². The third-order valence-corrected chi connectivity index (χ3v) is 2.49. The largest absolute Gasteiger partial charge is 0.351 e. The van der Waals surface area contributed by atoms with Crippen molar-refractivity contribution in [2.75, 3.05) is 0 Å². The van der Waals surface area contributed by atoms with Crippen molar-refractivity contribution in [2.24, 2.45) is 5.73 Å². The van der Waals surface area contributed by atoms with Crippen LogP contribution < -0.4 is 11.1 Å². The van der Waals surface area contributed by atoms with Crippen molar-refractivity contribution in [3.8, 4) is 0 Å². The predicted molar refractivity (Wildman–Crippen MR) is 52.6 cm³/mol. The molecule has 1 heterocycles. The molecule has 0 atom stereocenters. The van der Waals surface area contributed by atoms with Gasteiger partial charge in [-0.3, -0.25) is 0 Å². The van der Waals surface area contributed by atoms with Gasteiger partial charge in [0.15, 0.2) is 0 Å². The Balaban J connectivity index is 3.00. The molecule has 5 heteroatoms. The average molecular weight is 199 g/mol. The Hall–Kier alpha value is -1.07. The quantitative estimate of drug-likeness (QED) is 0.584. The normalized spacial score (nSPS) is 24.5. The molecule has 80 valence electrons. The van der Waals surface area contributed by atoms with E-state index in [0.29, 0.717) is 5.70 Å². The number of hydrogen-bond acceptors (Lipinski definition) is 3. The first-order valence-electron chi connectivity index (χ1n) is 4.47. The SMILES string of the molecule is CC1(C)C=C(NC(N)=O)C(C)(C)N1O. The highest BCUT2D eigenvalue weighted by Crippen LogP contribution is 2.36. The predicted octanol–water partition coefficient (Wildman–Crippen LogP) is 0.801. The number of hydroxylamine groups is 2. The van der Waals surface area contributed by atoms with Gasteiger partial charge >= 0.3 is 6.03 Å². The molecule has 0 saturated heterocycles. The first kappa shape index (κ1) is 11.0. The summed E-state index contributed by atoms with van der Waals surface area (Å²) >= 11 is 0. The number of carbonyl (C=O) groups is 1. The molecule has 0 saturated carbocycles. The van der Waals surface area contributed by atoms with Crippen LogP contribution in [0.5, 0.6) is 0 Å².